The molecule has 15 heteroatoms. The first-order valence-corrected chi connectivity index (χ1v) is 11.7. The Hall–Kier alpha value is -4.17. The van der Waals surface area contributed by atoms with Crippen molar-refractivity contribution in [2.45, 2.75) is 31.7 Å². The maximum atomic E-state index is 14.3. The Morgan fingerprint density at radius 3 is 2.59 bits per heavy atom. The highest BCUT2D eigenvalue weighted by Crippen LogP contribution is 2.46. The molecule has 0 fully saturated rings. The molecule has 4 aromatic rings. The lowest BCUT2D eigenvalue weighted by atomic mass is 9.90. The van der Waals surface area contributed by atoms with E-state index in [1.165, 1.54) is 0 Å². The van der Waals surface area contributed by atoms with Gasteiger partial charge < -0.3 is 15.7 Å². The second kappa shape index (κ2) is 9.73. The monoisotopic (exact) mass is 603 g/mol. The number of aryl methyl sites for hydroxylation is 1. The van der Waals surface area contributed by atoms with Gasteiger partial charge in [0, 0.05) is 31.2 Å². The van der Waals surface area contributed by atoms with Crippen LogP contribution in [0.2, 0.25) is 5.02 Å². The first-order valence-electron chi connectivity index (χ1n) is 12.9. The highest BCUT2D eigenvalue weighted by atomic mass is 35.5. The topological polar surface area (TPSA) is 96.2 Å². The number of nitrogens with one attached hydrogen (secondary N) is 2. The van der Waals surface area contributed by atoms with Gasteiger partial charge in [-0.2, -0.15) is 18.3 Å². The van der Waals surface area contributed by atoms with E-state index in [1.54, 1.807) is 0 Å². The van der Waals surface area contributed by atoms with Crippen LogP contribution >= 0.6 is 11.6 Å². The molecule has 2 heterocycles. The van der Waals surface area contributed by atoms with E-state index >= 15 is 0 Å². The number of aromatic nitrogens is 2. The molecule has 0 aliphatic carbocycles. The fraction of sp³-hybridized carbons (Fsp3) is 0.192. The van der Waals surface area contributed by atoms with Gasteiger partial charge in [0.2, 0.25) is 0 Å². The van der Waals surface area contributed by atoms with Crippen molar-refractivity contribution in [3.05, 3.63) is 92.6 Å². The third-order valence-electron chi connectivity index (χ3n) is 6.29. The number of carbonyl (C=O) groups is 2. The van der Waals surface area contributed by atoms with E-state index in [2.05, 4.69) is 15.7 Å². The van der Waals surface area contributed by atoms with E-state index in [1.807, 2.05) is 0 Å². The van der Waals surface area contributed by atoms with Crippen molar-refractivity contribution in [2.75, 3.05) is 5.32 Å². The van der Waals surface area contributed by atoms with Crippen molar-refractivity contribution in [2.24, 2.45) is 0 Å². The Labute approximate surface area is 234 Å². The third-order valence-corrected chi connectivity index (χ3v) is 6.62. The van der Waals surface area contributed by atoms with Crippen LogP contribution in [-0.4, -0.2) is 33.1 Å². The van der Waals surface area contributed by atoms with E-state index in [0.29, 0.717) is 22.9 Å². The molecule has 3 aromatic carbocycles. The molecule has 214 valence electrons. The van der Waals surface area contributed by atoms with Gasteiger partial charge in [0.1, 0.15) is 18.2 Å². The highest BCUT2D eigenvalue weighted by molar-refractivity contribution is 6.31. The summed E-state index contributed by atoms with van der Waals surface area (Å²) in [6, 6.07) is 4.36. The minimum absolute atomic E-state index is 0.132. The minimum atomic E-state index is -5.06. The molecule has 1 aliphatic rings. The number of benzene rings is 3. The van der Waals surface area contributed by atoms with Crippen molar-refractivity contribution in [1.29, 1.82) is 0 Å². The summed E-state index contributed by atoms with van der Waals surface area (Å²) in [5.74, 6) is -5.04. The van der Waals surface area contributed by atoms with Crippen LogP contribution in [0.15, 0.2) is 42.5 Å². The fourth-order valence-corrected chi connectivity index (χ4v) is 4.91. The van der Waals surface area contributed by atoms with Crippen LogP contribution in [-0.2, 0) is 18.4 Å². The van der Waals surface area contributed by atoms with Gasteiger partial charge in [-0.15, -0.1) is 0 Å². The number of rotatable bonds is 5. The van der Waals surface area contributed by atoms with Crippen LogP contribution in [0.5, 0.6) is 0 Å². The van der Waals surface area contributed by atoms with Gasteiger partial charge >= 0.3 is 6.18 Å². The average Bonchev–Trinajstić information content (AvgIpc) is 3.39. The molecule has 1 atom stereocenters. The van der Waals surface area contributed by atoms with Crippen LogP contribution in [0.25, 0.3) is 10.9 Å². The summed E-state index contributed by atoms with van der Waals surface area (Å²) in [6.45, 7) is -4.31. The first kappa shape index (κ1) is 24.6. The Kier molecular flexibility index (Phi) is 5.84. The summed E-state index contributed by atoms with van der Waals surface area (Å²) in [4.78, 5) is 26.6. The quantitative estimate of drug-likeness (QED) is 0.253. The SMILES string of the molecule is [2H]C([2H])([2H])c1nn(CC(F)F)c2cc(NC(=O)c3cc(F)cc(C(F)(F)F)c3)c3c(c12)C(=O)NC3(O)c1cc(F)ccc1Cl. The smallest absolute Gasteiger partial charge is 0.363 e. The second-order valence-electron chi connectivity index (χ2n) is 8.96. The zero-order valence-corrected chi connectivity index (χ0v) is 20.8. The van der Waals surface area contributed by atoms with Gasteiger partial charge in [-0.1, -0.05) is 11.6 Å². The molecular formula is C26H16ClF7N4O3. The van der Waals surface area contributed by atoms with E-state index in [0.717, 1.165) is 18.2 Å². The molecule has 7 nitrogen and oxygen atoms in total. The van der Waals surface area contributed by atoms with Gasteiger partial charge in [-0.3, -0.25) is 14.3 Å². The summed E-state index contributed by atoms with van der Waals surface area (Å²) in [5, 5.41) is 19.0. The number of hydrogen-bond donors (Lipinski definition) is 3. The third kappa shape index (κ3) is 4.86. The summed E-state index contributed by atoms with van der Waals surface area (Å²) in [6.07, 6.45) is -8.16. The van der Waals surface area contributed by atoms with Crippen molar-refractivity contribution >= 4 is 40.0 Å². The number of carbonyl (C=O) groups excluding carboxylic acids is 2. The number of hydrogen-bond acceptors (Lipinski definition) is 4. The molecule has 0 saturated carbocycles. The molecule has 0 bridgehead atoms. The van der Waals surface area contributed by atoms with E-state index in [9.17, 15) is 45.4 Å². The highest BCUT2D eigenvalue weighted by Gasteiger charge is 2.48. The molecule has 1 unspecified atom stereocenters. The molecule has 1 aliphatic heterocycles. The minimum Gasteiger partial charge on any atom is -0.363 e. The molecule has 41 heavy (non-hydrogen) atoms. The van der Waals surface area contributed by atoms with Gasteiger partial charge in [-0.05, 0) is 49.3 Å². The van der Waals surface area contributed by atoms with E-state index in [4.69, 9.17) is 15.7 Å². The predicted molar refractivity (Wildman–Crippen MR) is 132 cm³/mol. The Bertz CT molecular complexity index is 1860. The molecule has 0 radical (unpaired) electrons. The number of fused-ring (bicyclic) bond motifs is 3. The average molecular weight is 604 g/mol. The lowest BCUT2D eigenvalue weighted by Gasteiger charge is -2.27. The second-order valence-corrected chi connectivity index (χ2v) is 9.37. The predicted octanol–water partition coefficient (Wildman–Crippen LogP) is 5.75. The van der Waals surface area contributed by atoms with Crippen LogP contribution < -0.4 is 10.6 Å². The number of nitrogens with zero attached hydrogens (tertiary/aromatic N) is 2. The van der Waals surface area contributed by atoms with Crippen molar-refractivity contribution in [1.82, 2.24) is 15.1 Å². The molecule has 5 rings (SSSR count). The van der Waals surface area contributed by atoms with Crippen molar-refractivity contribution in [3.63, 3.8) is 0 Å². The molecule has 1 aromatic heterocycles. The zero-order valence-electron chi connectivity index (χ0n) is 23.0. The normalized spacial score (nSPS) is 18.2. The fourth-order valence-electron chi connectivity index (χ4n) is 4.65. The van der Waals surface area contributed by atoms with Gasteiger partial charge in [0.15, 0.2) is 5.72 Å². The summed E-state index contributed by atoms with van der Waals surface area (Å²) in [5.41, 5.74) is -9.02. The van der Waals surface area contributed by atoms with Gasteiger partial charge in [0.05, 0.1) is 28.0 Å². The molecule has 2 amide bonds. The Morgan fingerprint density at radius 2 is 1.93 bits per heavy atom. The number of halogens is 8. The van der Waals surface area contributed by atoms with E-state index in [-0.39, 0.29) is 11.1 Å². The number of alkyl halides is 5. The van der Waals surface area contributed by atoms with Crippen LogP contribution in [0, 0.1) is 18.5 Å². The van der Waals surface area contributed by atoms with Gasteiger partial charge in [0.25, 0.3) is 18.2 Å². The maximum absolute atomic E-state index is 14.3. The summed E-state index contributed by atoms with van der Waals surface area (Å²) < 4.78 is 119. The standard InChI is InChI=1S/C26H16ClF7N4O3/c1-10-20-18(38(37-10)9-19(30)31)8-17(35-23(39)11-4-12(26(32,33)34)6-14(29)5-11)22-21(20)24(40)36-25(22,41)15-7-13(28)2-3-16(15)27/h2-8,19,41H,9H2,1H3,(H,35,39)(H,36,40)/i1D3. The van der Waals surface area contributed by atoms with Crippen LogP contribution in [0.1, 0.15) is 47.2 Å². The Balaban J connectivity index is 1.83. The molecule has 0 saturated heterocycles. The molecule has 3 N–H and O–H groups in total. The number of anilines is 1. The maximum Gasteiger partial charge on any atom is 0.416 e. The summed E-state index contributed by atoms with van der Waals surface area (Å²) in [7, 11) is 0. The lowest BCUT2D eigenvalue weighted by molar-refractivity contribution is -0.137. The molecule has 0 spiro atoms. The lowest BCUT2D eigenvalue weighted by Crippen LogP contribution is -2.41. The van der Waals surface area contributed by atoms with Crippen LogP contribution in [0.3, 0.4) is 0 Å². The van der Waals surface area contributed by atoms with Crippen molar-refractivity contribution in [3.8, 4) is 0 Å². The Morgan fingerprint density at radius 1 is 1.20 bits per heavy atom. The summed E-state index contributed by atoms with van der Waals surface area (Å²) >= 11 is 6.19. The molecular weight excluding hydrogens is 585 g/mol. The largest absolute Gasteiger partial charge is 0.416 e. The number of aliphatic hydroxyl groups is 1. The van der Waals surface area contributed by atoms with E-state index < -0.39 is 105 Å². The number of amides is 2. The first-order chi connectivity index (χ1) is 20.3. The van der Waals surface area contributed by atoms with Crippen molar-refractivity contribution < 1.29 is 49.5 Å². The van der Waals surface area contributed by atoms with Crippen LogP contribution in [0.4, 0.5) is 36.4 Å². The van der Waals surface area contributed by atoms with Gasteiger partial charge in [-0.25, -0.2) is 17.6 Å². The zero-order chi connectivity index (χ0) is 32.5.